The minimum atomic E-state index is -0.164. The lowest BCUT2D eigenvalue weighted by Gasteiger charge is -2.10. The normalized spacial score (nSPS) is 10.1. The maximum absolute atomic E-state index is 11.1. The summed E-state index contributed by atoms with van der Waals surface area (Å²) < 4.78 is 9.86. The number of carbonyl (C=O) groups is 1. The van der Waals surface area contributed by atoms with Gasteiger partial charge >= 0.3 is 5.97 Å². The van der Waals surface area contributed by atoms with Crippen molar-refractivity contribution in [2.24, 2.45) is 0 Å². The molecule has 0 aromatic heterocycles. The van der Waals surface area contributed by atoms with Gasteiger partial charge in [-0.2, -0.15) is 0 Å². The summed E-state index contributed by atoms with van der Waals surface area (Å²) >= 11 is 0. The van der Waals surface area contributed by atoms with Crippen LogP contribution < -0.4 is 4.74 Å². The van der Waals surface area contributed by atoms with E-state index in [4.69, 9.17) is 4.74 Å². The Hall–Kier alpha value is -1.51. The zero-order chi connectivity index (χ0) is 12.7. The Morgan fingerprint density at radius 1 is 1.18 bits per heavy atom. The summed E-state index contributed by atoms with van der Waals surface area (Å²) in [6, 6.07) is 6.02. The molecule has 0 amide bonds. The molecule has 0 spiro atoms. The van der Waals surface area contributed by atoms with Crippen molar-refractivity contribution >= 4 is 5.97 Å². The van der Waals surface area contributed by atoms with Crippen molar-refractivity contribution in [3.05, 3.63) is 29.3 Å². The van der Waals surface area contributed by atoms with E-state index in [-0.39, 0.29) is 5.97 Å². The fourth-order valence-electron chi connectivity index (χ4n) is 1.81. The highest BCUT2D eigenvalue weighted by atomic mass is 16.5. The molecule has 17 heavy (non-hydrogen) atoms. The van der Waals surface area contributed by atoms with Crippen molar-refractivity contribution in [1.82, 2.24) is 0 Å². The van der Waals surface area contributed by atoms with Crippen LogP contribution in [0.2, 0.25) is 0 Å². The Morgan fingerprint density at radius 2 is 1.94 bits per heavy atom. The highest BCUT2D eigenvalue weighted by Crippen LogP contribution is 2.20. The van der Waals surface area contributed by atoms with E-state index in [0.29, 0.717) is 6.42 Å². The first kappa shape index (κ1) is 13.6. The number of aryl methyl sites for hydroxylation is 2. The summed E-state index contributed by atoms with van der Waals surface area (Å²) in [7, 11) is 3.09. The van der Waals surface area contributed by atoms with Crippen molar-refractivity contribution in [1.29, 1.82) is 0 Å². The van der Waals surface area contributed by atoms with Crippen molar-refractivity contribution in [2.45, 2.75) is 32.6 Å². The van der Waals surface area contributed by atoms with Gasteiger partial charge in [0.25, 0.3) is 0 Å². The lowest BCUT2D eigenvalue weighted by atomic mass is 9.99. The monoisotopic (exact) mass is 236 g/mol. The van der Waals surface area contributed by atoms with Crippen molar-refractivity contribution < 1.29 is 14.3 Å². The fraction of sp³-hybridized carbons (Fsp3) is 0.500. The SMILES string of the molecule is CCCc1cc(OC)ccc1CCC(=O)OC. The molecule has 3 nitrogen and oxygen atoms in total. The van der Waals surface area contributed by atoms with Crippen LogP contribution in [0, 0.1) is 0 Å². The lowest BCUT2D eigenvalue weighted by Crippen LogP contribution is -2.04. The molecule has 0 aliphatic carbocycles. The Morgan fingerprint density at radius 3 is 2.53 bits per heavy atom. The second-order valence-corrected chi connectivity index (χ2v) is 3.96. The number of hydrogen-bond acceptors (Lipinski definition) is 3. The van der Waals surface area contributed by atoms with Crippen molar-refractivity contribution in [2.75, 3.05) is 14.2 Å². The van der Waals surface area contributed by atoms with Gasteiger partial charge in [0.15, 0.2) is 0 Å². The van der Waals surface area contributed by atoms with Crippen LogP contribution in [-0.4, -0.2) is 20.2 Å². The standard InChI is InChI=1S/C14H20O3/c1-4-5-12-10-13(16-2)8-6-11(12)7-9-14(15)17-3/h6,8,10H,4-5,7,9H2,1-3H3. The van der Waals surface area contributed by atoms with Crippen LogP contribution in [0.4, 0.5) is 0 Å². The molecule has 0 saturated carbocycles. The molecule has 0 fully saturated rings. The van der Waals surface area contributed by atoms with Crippen molar-refractivity contribution in [3.8, 4) is 5.75 Å². The van der Waals surface area contributed by atoms with Gasteiger partial charge in [0, 0.05) is 6.42 Å². The summed E-state index contributed by atoms with van der Waals surface area (Å²) in [5.74, 6) is 0.707. The molecule has 0 aliphatic heterocycles. The van der Waals surface area contributed by atoms with Crippen LogP contribution >= 0.6 is 0 Å². The number of ether oxygens (including phenoxy) is 2. The van der Waals surface area contributed by atoms with E-state index >= 15 is 0 Å². The van der Waals surface area contributed by atoms with E-state index in [2.05, 4.69) is 17.7 Å². The van der Waals surface area contributed by atoms with Crippen LogP contribution in [0.5, 0.6) is 5.75 Å². The zero-order valence-corrected chi connectivity index (χ0v) is 10.8. The first-order valence-electron chi connectivity index (χ1n) is 5.93. The third-order valence-electron chi connectivity index (χ3n) is 2.76. The first-order valence-corrected chi connectivity index (χ1v) is 5.93. The highest BCUT2D eigenvalue weighted by molar-refractivity contribution is 5.69. The van der Waals surface area contributed by atoms with Gasteiger partial charge in [-0.3, -0.25) is 4.79 Å². The summed E-state index contributed by atoms with van der Waals surface area (Å²) in [6.07, 6.45) is 3.25. The number of rotatable bonds is 6. The lowest BCUT2D eigenvalue weighted by molar-refractivity contribution is -0.140. The van der Waals surface area contributed by atoms with E-state index < -0.39 is 0 Å². The maximum Gasteiger partial charge on any atom is 0.305 e. The summed E-state index contributed by atoms with van der Waals surface area (Å²) in [5, 5.41) is 0. The average molecular weight is 236 g/mol. The van der Waals surface area contributed by atoms with E-state index in [0.717, 1.165) is 25.0 Å². The summed E-state index contributed by atoms with van der Waals surface area (Å²) in [6.45, 7) is 2.14. The molecule has 94 valence electrons. The zero-order valence-electron chi connectivity index (χ0n) is 10.8. The number of methoxy groups -OCH3 is 2. The van der Waals surface area contributed by atoms with Crippen LogP contribution in [-0.2, 0) is 22.4 Å². The average Bonchev–Trinajstić information content (AvgIpc) is 2.37. The topological polar surface area (TPSA) is 35.5 Å². The molecule has 1 rings (SSSR count). The van der Waals surface area contributed by atoms with Gasteiger partial charge in [0.1, 0.15) is 5.75 Å². The van der Waals surface area contributed by atoms with E-state index in [1.165, 1.54) is 18.2 Å². The number of hydrogen-bond donors (Lipinski definition) is 0. The quantitative estimate of drug-likeness (QED) is 0.712. The molecule has 1 aromatic carbocycles. The van der Waals surface area contributed by atoms with Crippen LogP contribution in [0.25, 0.3) is 0 Å². The minimum absolute atomic E-state index is 0.164. The van der Waals surface area contributed by atoms with Crippen LogP contribution in [0.3, 0.4) is 0 Å². The largest absolute Gasteiger partial charge is 0.497 e. The molecule has 0 heterocycles. The van der Waals surface area contributed by atoms with Gasteiger partial charge in [-0.25, -0.2) is 0 Å². The molecule has 0 atom stereocenters. The predicted molar refractivity (Wildman–Crippen MR) is 67.3 cm³/mol. The molecule has 0 bridgehead atoms. The summed E-state index contributed by atoms with van der Waals surface area (Å²) in [4.78, 5) is 11.1. The number of esters is 1. The third-order valence-corrected chi connectivity index (χ3v) is 2.76. The maximum atomic E-state index is 11.1. The Bertz CT molecular complexity index is 372. The molecular formula is C14H20O3. The summed E-state index contributed by atoms with van der Waals surface area (Å²) in [5.41, 5.74) is 2.47. The number of benzene rings is 1. The molecule has 1 aromatic rings. The molecule has 0 unspecified atom stereocenters. The van der Waals surface area contributed by atoms with Gasteiger partial charge in [-0.1, -0.05) is 19.4 Å². The van der Waals surface area contributed by atoms with Gasteiger partial charge in [0.05, 0.1) is 14.2 Å². The van der Waals surface area contributed by atoms with Crippen molar-refractivity contribution in [3.63, 3.8) is 0 Å². The Balaban J connectivity index is 2.78. The third kappa shape index (κ3) is 4.10. The minimum Gasteiger partial charge on any atom is -0.497 e. The van der Waals surface area contributed by atoms with E-state index in [1.54, 1.807) is 7.11 Å². The highest BCUT2D eigenvalue weighted by Gasteiger charge is 2.07. The van der Waals surface area contributed by atoms with Gasteiger partial charge in [-0.15, -0.1) is 0 Å². The van der Waals surface area contributed by atoms with E-state index in [9.17, 15) is 4.79 Å². The Kier molecular flexibility index (Phi) is 5.53. The van der Waals surface area contributed by atoms with Gasteiger partial charge in [-0.05, 0) is 36.1 Å². The Labute approximate surface area is 103 Å². The molecule has 0 aliphatic rings. The molecule has 0 radical (unpaired) electrons. The van der Waals surface area contributed by atoms with Crippen LogP contribution in [0.1, 0.15) is 30.9 Å². The van der Waals surface area contributed by atoms with Crippen LogP contribution in [0.15, 0.2) is 18.2 Å². The fourth-order valence-corrected chi connectivity index (χ4v) is 1.81. The smallest absolute Gasteiger partial charge is 0.305 e. The molecule has 0 N–H and O–H groups in total. The van der Waals surface area contributed by atoms with E-state index in [1.807, 2.05) is 12.1 Å². The predicted octanol–water partition coefficient (Wildman–Crippen LogP) is 2.75. The van der Waals surface area contributed by atoms with Gasteiger partial charge < -0.3 is 9.47 Å². The number of carbonyl (C=O) groups excluding carboxylic acids is 1. The van der Waals surface area contributed by atoms with Gasteiger partial charge in [0.2, 0.25) is 0 Å². The second-order valence-electron chi connectivity index (χ2n) is 3.96. The first-order chi connectivity index (χ1) is 8.21. The second kappa shape index (κ2) is 6.94. The molecular weight excluding hydrogens is 216 g/mol. The molecule has 0 saturated heterocycles. The molecule has 3 heteroatoms.